The summed E-state index contributed by atoms with van der Waals surface area (Å²) < 4.78 is 8.22. The molecule has 1 heterocycles. The Hall–Kier alpha value is -2.58. The Morgan fingerprint density at radius 3 is 2.67 bits per heavy atom. The van der Waals surface area contributed by atoms with Crippen molar-refractivity contribution in [1.82, 2.24) is 4.57 Å². The molecular weight excluding hydrogens is 368 g/mol. The van der Waals surface area contributed by atoms with Crippen LogP contribution in [-0.4, -0.2) is 17.0 Å². The van der Waals surface area contributed by atoms with Gasteiger partial charge in [-0.2, -0.15) is 5.26 Å². The number of nitriles is 1. The highest BCUT2D eigenvalue weighted by Gasteiger charge is 2.24. The predicted octanol–water partition coefficient (Wildman–Crippen LogP) is 4.20. The van der Waals surface area contributed by atoms with E-state index in [4.69, 9.17) is 4.74 Å². The van der Waals surface area contributed by atoms with Gasteiger partial charge in [0.05, 0.1) is 10.5 Å². The average Bonchev–Trinajstić information content (AvgIpc) is 2.92. The van der Waals surface area contributed by atoms with Crippen LogP contribution >= 0.6 is 15.9 Å². The minimum Gasteiger partial charge on any atom is -0.485 e. The lowest BCUT2D eigenvalue weighted by atomic mass is 10.0. The highest BCUT2D eigenvalue weighted by Crippen LogP contribution is 2.27. The number of fused-ring (bicyclic) bond motifs is 1. The van der Waals surface area contributed by atoms with E-state index in [9.17, 15) is 10.1 Å². The molecule has 2 aromatic carbocycles. The van der Waals surface area contributed by atoms with E-state index >= 15 is 0 Å². The number of carbonyl (C=O) groups is 1. The van der Waals surface area contributed by atoms with Gasteiger partial charge in [-0.25, -0.2) is 0 Å². The van der Waals surface area contributed by atoms with Gasteiger partial charge in [-0.1, -0.05) is 30.3 Å². The van der Waals surface area contributed by atoms with Gasteiger partial charge in [0.1, 0.15) is 18.3 Å². The minimum absolute atomic E-state index is 0.150. The summed E-state index contributed by atoms with van der Waals surface area (Å²) in [4.78, 5) is 12.5. The average molecular weight is 383 g/mol. The van der Waals surface area contributed by atoms with Crippen LogP contribution in [0.2, 0.25) is 0 Å². The summed E-state index contributed by atoms with van der Waals surface area (Å²) in [6, 6.07) is 19.1. The number of Topliss-reactive ketones (excluding diaryl/α,β-unsaturated/α-hetero) is 1. The summed E-state index contributed by atoms with van der Waals surface area (Å²) >= 11 is 3.37. The molecule has 3 rings (SSSR count). The van der Waals surface area contributed by atoms with Crippen molar-refractivity contribution in [2.75, 3.05) is 6.61 Å². The normalized spacial score (nSPS) is 11.9. The monoisotopic (exact) mass is 382 g/mol. The third kappa shape index (κ3) is 3.06. The second-order valence-corrected chi connectivity index (χ2v) is 6.29. The van der Waals surface area contributed by atoms with E-state index in [-0.39, 0.29) is 12.4 Å². The van der Waals surface area contributed by atoms with E-state index in [2.05, 4.69) is 22.0 Å². The molecule has 0 amide bonds. The molecule has 24 heavy (non-hydrogen) atoms. The zero-order chi connectivity index (χ0) is 17.1. The first-order valence-electron chi connectivity index (χ1n) is 7.46. The first kappa shape index (κ1) is 16.3. The van der Waals surface area contributed by atoms with Crippen molar-refractivity contribution >= 4 is 32.6 Å². The molecule has 0 N–H and O–H groups in total. The Morgan fingerprint density at radius 1 is 1.25 bits per heavy atom. The molecule has 3 aromatic rings. The zero-order valence-electron chi connectivity index (χ0n) is 13.1. The Kier molecular flexibility index (Phi) is 4.68. The molecule has 0 aliphatic heterocycles. The van der Waals surface area contributed by atoms with Crippen LogP contribution in [0.15, 0.2) is 59.1 Å². The topological polar surface area (TPSA) is 55.0 Å². The number of nitrogens with zero attached hydrogens (tertiary/aromatic N) is 2. The molecule has 0 aliphatic carbocycles. The number of rotatable bonds is 5. The molecule has 0 spiro atoms. The van der Waals surface area contributed by atoms with Crippen LogP contribution in [0.3, 0.4) is 0 Å². The van der Waals surface area contributed by atoms with Gasteiger partial charge >= 0.3 is 0 Å². The molecule has 0 saturated carbocycles. The van der Waals surface area contributed by atoms with Crippen LogP contribution in [0.4, 0.5) is 0 Å². The van der Waals surface area contributed by atoms with Gasteiger partial charge in [-0.3, -0.25) is 4.79 Å². The third-order valence-corrected chi connectivity index (χ3v) is 4.60. The molecule has 0 aliphatic rings. The fourth-order valence-electron chi connectivity index (χ4n) is 2.68. The van der Waals surface area contributed by atoms with E-state index in [1.165, 1.54) is 0 Å². The second kappa shape index (κ2) is 6.90. The number of benzene rings is 2. The second-order valence-electron chi connectivity index (χ2n) is 5.43. The molecule has 4 nitrogen and oxygen atoms in total. The van der Waals surface area contributed by atoms with Gasteiger partial charge in [-0.05, 0) is 45.6 Å². The van der Waals surface area contributed by atoms with Crippen molar-refractivity contribution in [2.45, 2.75) is 5.92 Å². The van der Waals surface area contributed by atoms with Crippen molar-refractivity contribution in [1.29, 1.82) is 5.26 Å². The Morgan fingerprint density at radius 2 is 1.96 bits per heavy atom. The van der Waals surface area contributed by atoms with E-state index in [1.54, 1.807) is 6.07 Å². The predicted molar refractivity (Wildman–Crippen MR) is 95.9 cm³/mol. The van der Waals surface area contributed by atoms with E-state index < -0.39 is 5.92 Å². The third-order valence-electron chi connectivity index (χ3n) is 3.94. The van der Waals surface area contributed by atoms with Crippen molar-refractivity contribution in [3.8, 4) is 11.8 Å². The van der Waals surface area contributed by atoms with Crippen LogP contribution in [0.5, 0.6) is 5.75 Å². The molecule has 1 atom stereocenters. The maximum absolute atomic E-state index is 12.5. The Balaban J connectivity index is 1.83. The van der Waals surface area contributed by atoms with Crippen molar-refractivity contribution in [3.05, 3.63) is 64.8 Å². The zero-order valence-corrected chi connectivity index (χ0v) is 14.7. The Labute approximate surface area is 148 Å². The molecule has 120 valence electrons. The maximum atomic E-state index is 12.5. The van der Waals surface area contributed by atoms with E-state index in [1.807, 2.05) is 60.1 Å². The van der Waals surface area contributed by atoms with Gasteiger partial charge in [0.2, 0.25) is 0 Å². The lowest BCUT2D eigenvalue weighted by Gasteiger charge is -2.12. The van der Waals surface area contributed by atoms with Gasteiger partial charge in [0.15, 0.2) is 5.78 Å². The molecule has 0 fully saturated rings. The summed E-state index contributed by atoms with van der Waals surface area (Å²) in [7, 11) is 1.87. The standard InChI is InChI=1S/C19H15BrN2O2/c1-22-16-8-4-2-6-13(16)10-17(22)14(11-21)18(23)12-24-19-9-5-3-7-15(19)20/h2-10,14H,12H2,1H3. The largest absolute Gasteiger partial charge is 0.485 e. The number of para-hydroxylation sites is 2. The summed E-state index contributed by atoms with van der Waals surface area (Å²) in [5.74, 6) is -0.538. The number of halogens is 1. The number of hydrogen-bond acceptors (Lipinski definition) is 3. The fourth-order valence-corrected chi connectivity index (χ4v) is 3.08. The maximum Gasteiger partial charge on any atom is 0.193 e. The van der Waals surface area contributed by atoms with Crippen molar-refractivity contribution in [2.24, 2.45) is 7.05 Å². The Bertz CT molecular complexity index is 940. The number of carbonyl (C=O) groups excluding carboxylic acids is 1. The molecule has 1 unspecified atom stereocenters. The molecule has 0 bridgehead atoms. The highest BCUT2D eigenvalue weighted by atomic mass is 79.9. The SMILES string of the molecule is Cn1c(C(C#N)C(=O)COc2ccccc2Br)cc2ccccc21. The first-order chi connectivity index (χ1) is 11.6. The summed E-state index contributed by atoms with van der Waals surface area (Å²) in [5.41, 5.74) is 1.67. The smallest absolute Gasteiger partial charge is 0.193 e. The lowest BCUT2D eigenvalue weighted by molar-refractivity contribution is -0.121. The fraction of sp³-hybridized carbons (Fsp3) is 0.158. The minimum atomic E-state index is -0.857. The lowest BCUT2D eigenvalue weighted by Crippen LogP contribution is -2.20. The summed E-state index contributed by atoms with van der Waals surface area (Å²) in [6.07, 6.45) is 0. The van der Waals surface area contributed by atoms with Gasteiger partial charge in [0, 0.05) is 18.3 Å². The van der Waals surface area contributed by atoms with E-state index in [0.29, 0.717) is 11.4 Å². The molecule has 0 radical (unpaired) electrons. The number of aromatic nitrogens is 1. The van der Waals surface area contributed by atoms with Crippen LogP contribution in [0.1, 0.15) is 11.6 Å². The molecule has 1 aromatic heterocycles. The number of ketones is 1. The summed E-state index contributed by atoms with van der Waals surface area (Å²) in [6.45, 7) is -0.150. The first-order valence-corrected chi connectivity index (χ1v) is 8.25. The highest BCUT2D eigenvalue weighted by molar-refractivity contribution is 9.10. The van der Waals surface area contributed by atoms with Crippen LogP contribution in [0.25, 0.3) is 10.9 Å². The van der Waals surface area contributed by atoms with Gasteiger partial charge in [0.25, 0.3) is 0 Å². The number of ether oxygens (including phenoxy) is 1. The number of hydrogen-bond donors (Lipinski definition) is 0. The van der Waals surface area contributed by atoms with E-state index in [0.717, 1.165) is 15.4 Å². The van der Waals surface area contributed by atoms with Crippen molar-refractivity contribution < 1.29 is 9.53 Å². The van der Waals surface area contributed by atoms with Crippen LogP contribution in [0, 0.1) is 11.3 Å². The van der Waals surface area contributed by atoms with Gasteiger partial charge in [-0.15, -0.1) is 0 Å². The molecule has 0 saturated heterocycles. The quantitative estimate of drug-likeness (QED) is 0.664. The molecular formula is C19H15BrN2O2. The van der Waals surface area contributed by atoms with Crippen molar-refractivity contribution in [3.63, 3.8) is 0 Å². The summed E-state index contributed by atoms with van der Waals surface area (Å²) in [5, 5.41) is 10.5. The molecule has 5 heteroatoms. The van der Waals surface area contributed by atoms with Crippen LogP contribution < -0.4 is 4.74 Å². The van der Waals surface area contributed by atoms with Crippen LogP contribution in [-0.2, 0) is 11.8 Å². The number of aryl methyl sites for hydroxylation is 1. The van der Waals surface area contributed by atoms with Gasteiger partial charge < -0.3 is 9.30 Å².